The van der Waals surface area contributed by atoms with Gasteiger partial charge in [0.25, 0.3) is 0 Å². The third-order valence-electron chi connectivity index (χ3n) is 4.92. The molecule has 0 radical (unpaired) electrons. The smallest absolute Gasteiger partial charge is 0.0172 e. The van der Waals surface area contributed by atoms with Crippen LogP contribution in [0.15, 0.2) is 0 Å². The molecule has 0 heterocycles. The molecular weight excluding hydrogens is 323 g/mol. The Hall–Kier alpha value is 0.650. The molecule has 0 unspecified atom stereocenters. The first-order chi connectivity index (χ1) is 8.31. The molecule has 0 aromatic heterocycles. The minimum atomic E-state index is 0.798. The van der Waals surface area contributed by atoms with Crippen LogP contribution < -0.4 is 8.85 Å². The summed E-state index contributed by atoms with van der Waals surface area (Å²) in [5.41, 5.74) is 0. The minimum absolute atomic E-state index is 0.798. The van der Waals surface area contributed by atoms with Gasteiger partial charge in [-0.25, -0.2) is 0 Å². The summed E-state index contributed by atoms with van der Waals surface area (Å²) >= 11 is 2.32. The molecule has 0 aromatic carbocycles. The van der Waals surface area contributed by atoms with Crippen molar-refractivity contribution in [2.24, 2.45) is 11.8 Å². The lowest BCUT2D eigenvalue weighted by molar-refractivity contribution is 0.216. The van der Waals surface area contributed by atoms with Crippen LogP contribution >= 0.6 is 22.9 Å². The van der Waals surface area contributed by atoms with E-state index in [2.05, 4.69) is 38.8 Å². The van der Waals surface area contributed by atoms with Crippen LogP contribution in [-0.4, -0.2) is 19.1 Å². The van der Waals surface area contributed by atoms with Gasteiger partial charge in [0, 0.05) is 34.9 Å². The summed E-state index contributed by atoms with van der Waals surface area (Å²) in [6.45, 7) is 0. The molecule has 0 amide bonds. The Morgan fingerprint density at radius 3 is 1.71 bits per heavy atom. The van der Waals surface area contributed by atoms with E-state index in [-0.39, 0.29) is 0 Å². The lowest BCUT2D eigenvalue weighted by Crippen LogP contribution is -2.32. The first-order valence-electron chi connectivity index (χ1n) is 7.35. The zero-order valence-corrected chi connectivity index (χ0v) is 13.2. The van der Waals surface area contributed by atoms with Gasteiger partial charge in [0.05, 0.1) is 0 Å². The molecule has 0 atom stereocenters. The highest BCUT2D eigenvalue weighted by molar-refractivity contribution is 14.1. The van der Waals surface area contributed by atoms with Crippen LogP contribution in [-0.2, 0) is 0 Å². The van der Waals surface area contributed by atoms with Crippen LogP contribution in [0, 0.1) is 11.8 Å². The second-order valence-electron chi connectivity index (χ2n) is 6.07. The summed E-state index contributed by atoms with van der Waals surface area (Å²) in [5, 5.41) is 3.43. The van der Waals surface area contributed by atoms with E-state index in [0.717, 1.165) is 23.9 Å². The molecule has 100 valence electrons. The monoisotopic (exact) mass is 350 g/mol. The van der Waals surface area contributed by atoms with Crippen molar-refractivity contribution in [1.29, 1.82) is 0 Å². The Morgan fingerprint density at radius 1 is 0.824 bits per heavy atom. The van der Waals surface area contributed by atoms with Gasteiger partial charge in [0.2, 0.25) is 0 Å². The van der Waals surface area contributed by atoms with Crippen molar-refractivity contribution in [3.05, 3.63) is 0 Å². The van der Waals surface area contributed by atoms with Crippen molar-refractivity contribution in [1.82, 2.24) is 8.85 Å². The standard InChI is InChI=1S/C14H27IN2/c1-16-13-6-2-11(3-7-13)10-12-4-8-14(17-15)9-5-12/h11-14,16-17H,2-10H2,1H3. The fraction of sp³-hybridized carbons (Fsp3) is 1.00. The highest BCUT2D eigenvalue weighted by atomic mass is 127. The number of nitrogens with one attached hydrogen (secondary N) is 2. The topological polar surface area (TPSA) is 24.1 Å². The number of rotatable bonds is 4. The fourth-order valence-corrected chi connectivity index (χ4v) is 4.29. The van der Waals surface area contributed by atoms with Gasteiger partial charge in [-0.05, 0) is 76.7 Å². The van der Waals surface area contributed by atoms with E-state index in [4.69, 9.17) is 0 Å². The molecule has 2 N–H and O–H groups in total. The summed E-state index contributed by atoms with van der Waals surface area (Å²) in [5.74, 6) is 2.07. The molecule has 2 saturated carbocycles. The summed E-state index contributed by atoms with van der Waals surface area (Å²) in [4.78, 5) is 0. The molecule has 0 spiro atoms. The zero-order chi connectivity index (χ0) is 12.1. The Kier molecular flexibility index (Phi) is 6.03. The van der Waals surface area contributed by atoms with Crippen molar-refractivity contribution in [2.75, 3.05) is 7.05 Å². The van der Waals surface area contributed by atoms with Crippen LogP contribution in [0.25, 0.3) is 0 Å². The normalized spacial score (nSPS) is 39.2. The van der Waals surface area contributed by atoms with Crippen molar-refractivity contribution in [3.63, 3.8) is 0 Å². The Labute approximate surface area is 120 Å². The van der Waals surface area contributed by atoms with E-state index in [1.165, 1.54) is 57.8 Å². The van der Waals surface area contributed by atoms with Gasteiger partial charge in [0.1, 0.15) is 0 Å². The van der Waals surface area contributed by atoms with E-state index in [0.29, 0.717) is 0 Å². The largest absolute Gasteiger partial charge is 0.317 e. The molecule has 2 fully saturated rings. The van der Waals surface area contributed by atoms with Crippen LogP contribution in [0.5, 0.6) is 0 Å². The molecule has 0 aliphatic heterocycles. The number of halogens is 1. The molecule has 2 rings (SSSR count). The highest BCUT2D eigenvalue weighted by Gasteiger charge is 2.26. The molecule has 3 heteroatoms. The highest BCUT2D eigenvalue weighted by Crippen LogP contribution is 2.35. The van der Waals surface area contributed by atoms with Crippen molar-refractivity contribution < 1.29 is 0 Å². The Morgan fingerprint density at radius 2 is 1.29 bits per heavy atom. The predicted octanol–water partition coefficient (Wildman–Crippen LogP) is 3.65. The quantitative estimate of drug-likeness (QED) is 0.597. The van der Waals surface area contributed by atoms with Crippen molar-refractivity contribution >= 4 is 22.9 Å². The third-order valence-corrected chi connectivity index (χ3v) is 5.80. The second kappa shape index (κ2) is 7.29. The number of hydrogen-bond donors (Lipinski definition) is 2. The molecular formula is C14H27IN2. The van der Waals surface area contributed by atoms with Gasteiger partial charge in [-0.2, -0.15) is 0 Å². The maximum absolute atomic E-state index is 3.43. The van der Waals surface area contributed by atoms with E-state index in [1.54, 1.807) is 0 Å². The maximum Gasteiger partial charge on any atom is 0.0172 e. The van der Waals surface area contributed by atoms with E-state index in [1.807, 2.05) is 0 Å². The molecule has 2 nitrogen and oxygen atoms in total. The molecule has 0 saturated heterocycles. The van der Waals surface area contributed by atoms with Gasteiger partial charge in [-0.3, -0.25) is 3.53 Å². The first kappa shape index (κ1) is 14.1. The second-order valence-corrected chi connectivity index (χ2v) is 6.69. The minimum Gasteiger partial charge on any atom is -0.317 e. The van der Waals surface area contributed by atoms with Crippen LogP contribution in [0.3, 0.4) is 0 Å². The number of hydrogen-bond acceptors (Lipinski definition) is 2. The predicted molar refractivity (Wildman–Crippen MR) is 82.3 cm³/mol. The third kappa shape index (κ3) is 4.35. The van der Waals surface area contributed by atoms with Gasteiger partial charge in [-0.15, -0.1) is 0 Å². The SMILES string of the molecule is CNC1CCC(CC2CCC(NI)CC2)CC1. The summed E-state index contributed by atoms with van der Waals surface area (Å²) in [7, 11) is 2.11. The Bertz CT molecular complexity index is 184. The van der Waals surface area contributed by atoms with Crippen LogP contribution in [0.2, 0.25) is 0 Å². The van der Waals surface area contributed by atoms with Gasteiger partial charge in [-0.1, -0.05) is 0 Å². The van der Waals surface area contributed by atoms with Gasteiger partial charge < -0.3 is 5.32 Å². The lowest BCUT2D eigenvalue weighted by Gasteiger charge is -2.33. The van der Waals surface area contributed by atoms with Gasteiger partial charge in [0.15, 0.2) is 0 Å². The Balaban J connectivity index is 1.65. The van der Waals surface area contributed by atoms with Crippen LogP contribution in [0.1, 0.15) is 57.8 Å². The van der Waals surface area contributed by atoms with E-state index in [9.17, 15) is 0 Å². The average Bonchev–Trinajstić information content (AvgIpc) is 2.40. The molecule has 0 aromatic rings. The van der Waals surface area contributed by atoms with Crippen molar-refractivity contribution in [2.45, 2.75) is 69.9 Å². The van der Waals surface area contributed by atoms with E-state index >= 15 is 0 Å². The van der Waals surface area contributed by atoms with Crippen molar-refractivity contribution in [3.8, 4) is 0 Å². The average molecular weight is 350 g/mol. The molecule has 2 aliphatic carbocycles. The summed E-state index contributed by atoms with van der Waals surface area (Å²) < 4.78 is 3.40. The summed E-state index contributed by atoms with van der Waals surface area (Å²) in [6, 6.07) is 1.61. The van der Waals surface area contributed by atoms with Crippen LogP contribution in [0.4, 0.5) is 0 Å². The van der Waals surface area contributed by atoms with Gasteiger partial charge >= 0.3 is 0 Å². The molecule has 2 aliphatic rings. The molecule has 17 heavy (non-hydrogen) atoms. The van der Waals surface area contributed by atoms with E-state index < -0.39 is 0 Å². The first-order valence-corrected chi connectivity index (χ1v) is 8.43. The summed E-state index contributed by atoms with van der Waals surface area (Å²) in [6.07, 6.45) is 13.0. The lowest BCUT2D eigenvalue weighted by atomic mass is 9.76. The molecule has 0 bridgehead atoms. The zero-order valence-electron chi connectivity index (χ0n) is 11.1. The fourth-order valence-electron chi connectivity index (χ4n) is 3.67. The maximum atomic E-state index is 3.43.